The van der Waals surface area contributed by atoms with Gasteiger partial charge in [-0.05, 0) is 81.4 Å². The van der Waals surface area contributed by atoms with Gasteiger partial charge < -0.3 is 0 Å². The molecule has 0 atom stereocenters. The third kappa shape index (κ3) is 4.68. The Hall–Kier alpha value is -4.16. The second kappa shape index (κ2) is 11.1. The molecule has 0 nitrogen and oxygen atoms in total. The number of hydrogen-bond donors (Lipinski definition) is 0. The fraction of sp³-hybridized carbons (Fsp3) is 0.111. The highest BCUT2D eigenvalue weighted by atomic mass is 14.2. The zero-order valence-electron chi connectivity index (χ0n) is 20.6. The van der Waals surface area contributed by atoms with E-state index in [2.05, 4.69) is 122 Å². The van der Waals surface area contributed by atoms with Gasteiger partial charge in [-0.15, -0.1) is 0 Å². The second-order valence-electron chi connectivity index (χ2n) is 8.93. The van der Waals surface area contributed by atoms with Gasteiger partial charge in [0.25, 0.3) is 0 Å². The van der Waals surface area contributed by atoms with Crippen molar-refractivity contribution in [2.75, 3.05) is 0 Å². The summed E-state index contributed by atoms with van der Waals surface area (Å²) >= 11 is 0. The summed E-state index contributed by atoms with van der Waals surface area (Å²) in [5, 5.41) is 7.75. The average molecular weight is 467 g/mol. The van der Waals surface area contributed by atoms with Crippen molar-refractivity contribution in [1.29, 1.82) is 0 Å². The predicted molar refractivity (Wildman–Crippen MR) is 162 cm³/mol. The smallest absolute Gasteiger partial charge is 0.00266 e. The van der Waals surface area contributed by atoms with Crippen LogP contribution in [0.5, 0.6) is 0 Å². The molecule has 0 radical (unpaired) electrons. The Kier molecular flexibility index (Phi) is 7.66. The summed E-state index contributed by atoms with van der Waals surface area (Å²) in [6.07, 6.45) is 4.00. The molecule has 0 aliphatic carbocycles. The van der Waals surface area contributed by atoms with Crippen LogP contribution in [0.4, 0.5) is 0 Å². The highest BCUT2D eigenvalue weighted by molar-refractivity contribution is 6.16. The molecule has 0 heteroatoms. The Balaban J connectivity index is 0.000000569. The topological polar surface area (TPSA) is 0 Å². The van der Waals surface area contributed by atoms with Crippen molar-refractivity contribution in [2.24, 2.45) is 0 Å². The highest BCUT2D eigenvalue weighted by Crippen LogP contribution is 2.42. The van der Waals surface area contributed by atoms with Crippen molar-refractivity contribution >= 4 is 32.3 Å². The minimum atomic E-state index is 0. The summed E-state index contributed by atoms with van der Waals surface area (Å²) in [6, 6.07) is 42.0. The van der Waals surface area contributed by atoms with Crippen molar-refractivity contribution in [3.8, 4) is 22.3 Å². The molecule has 0 aromatic heterocycles. The molecule has 0 fully saturated rings. The molecule has 178 valence electrons. The lowest BCUT2D eigenvalue weighted by Gasteiger charge is -2.17. The number of allylic oxidation sites excluding steroid dienone is 2. The van der Waals surface area contributed by atoms with E-state index in [1.54, 1.807) is 0 Å². The molecule has 6 aromatic carbocycles. The monoisotopic (exact) mass is 466 g/mol. The Morgan fingerprint density at radius 3 is 1.69 bits per heavy atom. The predicted octanol–water partition coefficient (Wildman–Crippen LogP) is 11.0. The molecular weight excluding hydrogens is 432 g/mol. The van der Waals surface area contributed by atoms with Crippen LogP contribution in [0.2, 0.25) is 0 Å². The van der Waals surface area contributed by atoms with Gasteiger partial charge in [0.05, 0.1) is 0 Å². The summed E-state index contributed by atoms with van der Waals surface area (Å²) in [4.78, 5) is 0. The van der Waals surface area contributed by atoms with E-state index in [4.69, 9.17) is 0 Å². The first-order valence-electron chi connectivity index (χ1n) is 12.3. The third-order valence-corrected chi connectivity index (χ3v) is 6.66. The lowest BCUT2D eigenvalue weighted by Crippen LogP contribution is -1.90. The van der Waals surface area contributed by atoms with Crippen LogP contribution in [0.25, 0.3) is 54.6 Å². The van der Waals surface area contributed by atoms with E-state index in [-0.39, 0.29) is 7.43 Å². The van der Waals surface area contributed by atoms with Gasteiger partial charge in [0.15, 0.2) is 0 Å². The largest absolute Gasteiger partial charge is 0.0919 e. The second-order valence-corrected chi connectivity index (χ2v) is 8.93. The fourth-order valence-corrected chi connectivity index (χ4v) is 4.80. The van der Waals surface area contributed by atoms with Gasteiger partial charge in [0, 0.05) is 0 Å². The Morgan fingerprint density at radius 2 is 1.03 bits per heavy atom. The first kappa shape index (κ1) is 24.9. The standard InChI is InChI=1S/C31H22.C4H8.CH4/c1-21-14-16-23(17-15-21)31-26-11-5-2-8-22(26)18-19-29(31)30-20-24-9-3-4-10-25(24)27-12-6-7-13-28(27)30;1-3-4-2;/h2-20H,1H3;3-4H,1-2H3;1H4/b;4-3-;. The van der Waals surface area contributed by atoms with Crippen molar-refractivity contribution in [1.82, 2.24) is 0 Å². The maximum atomic E-state index is 2.36. The normalized spacial score (nSPS) is 10.9. The van der Waals surface area contributed by atoms with E-state index in [1.165, 1.54) is 60.1 Å². The zero-order valence-corrected chi connectivity index (χ0v) is 20.6. The van der Waals surface area contributed by atoms with Gasteiger partial charge in [-0.2, -0.15) is 0 Å². The molecule has 0 saturated heterocycles. The molecule has 0 bridgehead atoms. The lowest BCUT2D eigenvalue weighted by molar-refractivity contribution is 1.47. The molecule has 0 saturated carbocycles. The summed E-state index contributed by atoms with van der Waals surface area (Å²) < 4.78 is 0. The van der Waals surface area contributed by atoms with Crippen molar-refractivity contribution in [2.45, 2.75) is 28.2 Å². The summed E-state index contributed by atoms with van der Waals surface area (Å²) in [7, 11) is 0. The van der Waals surface area contributed by atoms with Gasteiger partial charge in [0.2, 0.25) is 0 Å². The average Bonchev–Trinajstić information content (AvgIpc) is 2.93. The number of aryl methyl sites for hydroxylation is 1. The van der Waals surface area contributed by atoms with Gasteiger partial charge >= 0.3 is 0 Å². The van der Waals surface area contributed by atoms with Gasteiger partial charge in [-0.25, -0.2) is 0 Å². The van der Waals surface area contributed by atoms with Crippen LogP contribution in [-0.2, 0) is 0 Å². The quantitative estimate of drug-likeness (QED) is 0.176. The van der Waals surface area contributed by atoms with E-state index in [0.717, 1.165) is 0 Å². The van der Waals surface area contributed by atoms with Crippen LogP contribution in [0.1, 0.15) is 26.8 Å². The van der Waals surface area contributed by atoms with Crippen molar-refractivity contribution < 1.29 is 0 Å². The van der Waals surface area contributed by atoms with Crippen molar-refractivity contribution in [3.05, 3.63) is 133 Å². The molecular formula is C36H34. The van der Waals surface area contributed by atoms with Crippen LogP contribution < -0.4 is 0 Å². The Morgan fingerprint density at radius 1 is 0.472 bits per heavy atom. The molecule has 6 rings (SSSR count). The van der Waals surface area contributed by atoms with Crippen LogP contribution >= 0.6 is 0 Å². The minimum absolute atomic E-state index is 0. The maximum Gasteiger partial charge on any atom is -0.00266 e. The molecule has 0 N–H and O–H groups in total. The van der Waals surface area contributed by atoms with Gasteiger partial charge in [0.1, 0.15) is 0 Å². The summed E-state index contributed by atoms with van der Waals surface area (Å²) in [5.41, 5.74) is 6.41. The molecule has 0 heterocycles. The van der Waals surface area contributed by atoms with Gasteiger partial charge in [-0.1, -0.05) is 134 Å². The summed E-state index contributed by atoms with van der Waals surface area (Å²) in [6.45, 7) is 6.14. The molecule has 0 aliphatic rings. The fourth-order valence-electron chi connectivity index (χ4n) is 4.80. The van der Waals surface area contributed by atoms with E-state index in [9.17, 15) is 0 Å². The van der Waals surface area contributed by atoms with E-state index < -0.39 is 0 Å². The number of benzene rings is 6. The Labute approximate surface area is 215 Å². The van der Waals surface area contributed by atoms with Crippen LogP contribution in [0.15, 0.2) is 127 Å². The molecule has 6 aromatic rings. The SMILES string of the molecule is C.C/C=C\C.Cc1ccc(-c2c(-c3cc4ccccc4c4ccccc34)ccc3ccccc23)cc1. The number of rotatable bonds is 2. The summed E-state index contributed by atoms with van der Waals surface area (Å²) in [5.74, 6) is 0. The zero-order chi connectivity index (χ0) is 24.2. The van der Waals surface area contributed by atoms with Crippen LogP contribution in [0.3, 0.4) is 0 Å². The van der Waals surface area contributed by atoms with E-state index in [0.29, 0.717) is 0 Å². The molecule has 36 heavy (non-hydrogen) atoms. The maximum absolute atomic E-state index is 2.36. The first-order valence-corrected chi connectivity index (χ1v) is 12.3. The van der Waals surface area contributed by atoms with Crippen molar-refractivity contribution in [3.63, 3.8) is 0 Å². The Bertz CT molecular complexity index is 1650. The lowest BCUT2D eigenvalue weighted by atomic mass is 9.86. The molecule has 0 unspecified atom stereocenters. The van der Waals surface area contributed by atoms with Crippen LogP contribution in [-0.4, -0.2) is 0 Å². The third-order valence-electron chi connectivity index (χ3n) is 6.66. The van der Waals surface area contributed by atoms with E-state index in [1.807, 2.05) is 26.0 Å². The number of fused-ring (bicyclic) bond motifs is 4. The molecule has 0 aliphatic heterocycles. The van der Waals surface area contributed by atoms with Crippen LogP contribution in [0, 0.1) is 6.92 Å². The molecule has 0 amide bonds. The molecule has 0 spiro atoms. The minimum Gasteiger partial charge on any atom is -0.0919 e. The van der Waals surface area contributed by atoms with Gasteiger partial charge in [-0.3, -0.25) is 0 Å². The first-order chi connectivity index (χ1) is 17.2. The number of hydrogen-bond acceptors (Lipinski definition) is 0. The van der Waals surface area contributed by atoms with E-state index >= 15 is 0 Å². The highest BCUT2D eigenvalue weighted by Gasteiger charge is 2.15.